The van der Waals surface area contributed by atoms with Crippen LogP contribution in [0.2, 0.25) is 5.02 Å². The van der Waals surface area contributed by atoms with Gasteiger partial charge >= 0.3 is 0 Å². The Morgan fingerprint density at radius 3 is 2.69 bits per heavy atom. The number of nitrogens with one attached hydrogen (secondary N) is 1. The summed E-state index contributed by atoms with van der Waals surface area (Å²) in [5, 5.41) is 9.78. The molecule has 166 valence electrons. The first-order valence-corrected chi connectivity index (χ1v) is 12.4. The number of amides is 1. The average molecular weight is 466 g/mol. The Bertz CT molecular complexity index is 1060. The minimum atomic E-state index is 0.260. The Labute approximate surface area is 199 Å². The van der Waals surface area contributed by atoms with Gasteiger partial charge in [-0.1, -0.05) is 42.2 Å². The van der Waals surface area contributed by atoms with Crippen molar-refractivity contribution in [1.82, 2.24) is 4.90 Å². The minimum absolute atomic E-state index is 0.260. The van der Waals surface area contributed by atoms with Crippen LogP contribution < -0.4 is 4.72 Å². The van der Waals surface area contributed by atoms with Crippen LogP contribution in [-0.4, -0.2) is 23.9 Å². The molecule has 0 spiro atoms. The normalized spacial score (nSPS) is 16.7. The summed E-state index contributed by atoms with van der Waals surface area (Å²) in [4.78, 5) is 15.7. The van der Waals surface area contributed by atoms with Gasteiger partial charge in [0, 0.05) is 34.6 Å². The van der Waals surface area contributed by atoms with E-state index in [1.54, 1.807) is 6.07 Å². The van der Waals surface area contributed by atoms with E-state index < -0.39 is 0 Å². The highest BCUT2D eigenvalue weighted by Gasteiger charge is 2.28. The number of halogens is 1. The Hall–Kier alpha value is -2.42. The van der Waals surface area contributed by atoms with Gasteiger partial charge in [0.05, 0.1) is 11.6 Å². The van der Waals surface area contributed by atoms with Crippen molar-refractivity contribution in [1.29, 1.82) is 5.26 Å². The number of hydrogen-bond donors (Lipinski definition) is 1. The van der Waals surface area contributed by atoms with Crippen LogP contribution >= 0.6 is 23.5 Å². The van der Waals surface area contributed by atoms with Gasteiger partial charge in [-0.05, 0) is 86.0 Å². The first kappa shape index (κ1) is 22.8. The molecule has 4 nitrogen and oxygen atoms in total. The maximum Gasteiger partial charge on any atom is 0.225 e. The van der Waals surface area contributed by atoms with E-state index in [4.69, 9.17) is 16.9 Å². The molecule has 1 N–H and O–H groups in total. The zero-order valence-corrected chi connectivity index (χ0v) is 19.9. The van der Waals surface area contributed by atoms with Gasteiger partial charge in [-0.25, -0.2) is 0 Å². The van der Waals surface area contributed by atoms with E-state index in [-0.39, 0.29) is 5.92 Å². The molecule has 2 aromatic rings. The zero-order chi connectivity index (χ0) is 22.5. The van der Waals surface area contributed by atoms with Gasteiger partial charge in [-0.2, -0.15) is 5.26 Å². The van der Waals surface area contributed by atoms with Crippen LogP contribution in [0.5, 0.6) is 0 Å². The minimum Gasteiger partial charge on any atom is -0.342 e. The van der Waals surface area contributed by atoms with Crippen LogP contribution in [0.4, 0.5) is 5.69 Å². The van der Waals surface area contributed by atoms with Gasteiger partial charge in [0.15, 0.2) is 0 Å². The lowest BCUT2D eigenvalue weighted by Crippen LogP contribution is -2.39. The summed E-state index contributed by atoms with van der Waals surface area (Å²) >= 11 is 7.90. The first-order chi connectivity index (χ1) is 15.5. The van der Waals surface area contributed by atoms with E-state index in [2.05, 4.69) is 28.7 Å². The molecule has 1 aliphatic heterocycles. The van der Waals surface area contributed by atoms with Crippen molar-refractivity contribution in [3.05, 3.63) is 63.7 Å². The monoisotopic (exact) mass is 465 g/mol. The van der Waals surface area contributed by atoms with Crippen LogP contribution in [0.3, 0.4) is 0 Å². The third kappa shape index (κ3) is 5.49. The summed E-state index contributed by atoms with van der Waals surface area (Å²) in [5.74, 6) is 0.625. The third-order valence-electron chi connectivity index (χ3n) is 6.44. The van der Waals surface area contributed by atoms with Gasteiger partial charge in [0.2, 0.25) is 5.91 Å². The predicted molar refractivity (Wildman–Crippen MR) is 133 cm³/mol. The van der Waals surface area contributed by atoms with Gasteiger partial charge < -0.3 is 9.62 Å². The lowest BCUT2D eigenvalue weighted by Gasteiger charge is -2.30. The number of carbonyl (C=O) groups excluding carboxylic acids is 1. The van der Waals surface area contributed by atoms with Crippen LogP contribution in [0.25, 0.3) is 6.08 Å². The van der Waals surface area contributed by atoms with Gasteiger partial charge in [0.25, 0.3) is 0 Å². The summed E-state index contributed by atoms with van der Waals surface area (Å²) in [7, 11) is 0. The molecule has 0 unspecified atom stereocenters. The number of rotatable bonds is 5. The molecule has 4 rings (SSSR count). The number of carbonyl (C=O) groups is 1. The molecule has 1 saturated carbocycles. The molecule has 2 aliphatic rings. The second kappa shape index (κ2) is 10.5. The number of piperidine rings is 1. The molecule has 1 saturated heterocycles. The number of nitrogens with zero attached hydrogens (tertiary/aromatic N) is 2. The van der Waals surface area contributed by atoms with Gasteiger partial charge in [-0.3, -0.25) is 4.79 Å². The fourth-order valence-electron chi connectivity index (χ4n) is 4.51. The van der Waals surface area contributed by atoms with Gasteiger partial charge in [-0.15, -0.1) is 0 Å². The van der Waals surface area contributed by atoms with E-state index in [0.717, 1.165) is 60.5 Å². The van der Waals surface area contributed by atoms with Crippen molar-refractivity contribution < 1.29 is 4.79 Å². The SMILES string of the molecule is Cc1c(C=C2CCN(C(=O)C3CCCC3)CC2)cc(Cl)cc1NSc1cccc(C#N)c1. The van der Waals surface area contributed by atoms with E-state index in [0.29, 0.717) is 16.5 Å². The smallest absolute Gasteiger partial charge is 0.225 e. The number of likely N-dealkylation sites (tertiary alicyclic amines) is 1. The molecular weight excluding hydrogens is 438 g/mol. The zero-order valence-electron chi connectivity index (χ0n) is 18.4. The van der Waals surface area contributed by atoms with Crippen molar-refractivity contribution in [2.24, 2.45) is 5.92 Å². The average Bonchev–Trinajstić information content (AvgIpc) is 3.35. The molecule has 0 radical (unpaired) electrons. The number of nitriles is 1. The maximum absolute atomic E-state index is 12.7. The van der Waals surface area contributed by atoms with E-state index in [1.165, 1.54) is 30.4 Å². The molecule has 2 aromatic carbocycles. The maximum atomic E-state index is 12.7. The molecule has 1 heterocycles. The Balaban J connectivity index is 1.42. The molecular formula is C26H28ClN3OS. The fraction of sp³-hybridized carbons (Fsp3) is 0.385. The van der Waals surface area contributed by atoms with Crippen molar-refractivity contribution in [2.45, 2.75) is 50.3 Å². The van der Waals surface area contributed by atoms with Crippen LogP contribution in [-0.2, 0) is 4.79 Å². The molecule has 0 aromatic heterocycles. The van der Waals surface area contributed by atoms with Crippen LogP contribution in [0, 0.1) is 24.2 Å². The summed E-state index contributed by atoms with van der Waals surface area (Å²) in [6, 6.07) is 13.6. The molecule has 0 bridgehead atoms. The topological polar surface area (TPSA) is 56.1 Å². The fourth-order valence-corrected chi connectivity index (χ4v) is 5.51. The third-order valence-corrected chi connectivity index (χ3v) is 7.47. The summed E-state index contributed by atoms with van der Waals surface area (Å²) < 4.78 is 3.39. The lowest BCUT2D eigenvalue weighted by molar-refractivity contribution is -0.135. The standard InChI is InChI=1S/C26H28ClN3OS/c1-18-22(13-19-9-11-30(12-10-19)26(31)21-6-2-3-7-21)15-23(27)16-25(18)29-32-24-8-4-5-20(14-24)17-28/h4-5,8,13-16,21,29H,2-3,6-7,9-12H2,1H3. The molecule has 0 atom stereocenters. The van der Waals surface area contributed by atoms with Gasteiger partial charge in [0.1, 0.15) is 0 Å². The van der Waals surface area contributed by atoms with Crippen molar-refractivity contribution >= 4 is 41.2 Å². The summed E-state index contributed by atoms with van der Waals surface area (Å²) in [6.07, 6.45) is 8.60. The Morgan fingerprint density at radius 1 is 1.22 bits per heavy atom. The highest BCUT2D eigenvalue weighted by molar-refractivity contribution is 8.00. The van der Waals surface area contributed by atoms with Crippen LogP contribution in [0.1, 0.15) is 55.2 Å². The van der Waals surface area contributed by atoms with Crippen LogP contribution in [0.15, 0.2) is 46.9 Å². The largest absolute Gasteiger partial charge is 0.342 e. The molecule has 2 fully saturated rings. The predicted octanol–water partition coefficient (Wildman–Crippen LogP) is 6.84. The number of hydrogen-bond acceptors (Lipinski definition) is 4. The van der Waals surface area contributed by atoms with E-state index >= 15 is 0 Å². The number of anilines is 1. The van der Waals surface area contributed by atoms with E-state index in [9.17, 15) is 4.79 Å². The van der Waals surface area contributed by atoms with Crippen molar-refractivity contribution in [3.8, 4) is 6.07 Å². The highest BCUT2D eigenvalue weighted by Crippen LogP contribution is 2.32. The molecule has 6 heteroatoms. The highest BCUT2D eigenvalue weighted by atomic mass is 35.5. The van der Waals surface area contributed by atoms with E-state index in [1.807, 2.05) is 30.3 Å². The number of benzene rings is 2. The Kier molecular flexibility index (Phi) is 7.44. The summed E-state index contributed by atoms with van der Waals surface area (Å²) in [6.45, 7) is 3.73. The molecule has 1 amide bonds. The first-order valence-electron chi connectivity index (χ1n) is 11.2. The second-order valence-electron chi connectivity index (χ2n) is 8.62. The Morgan fingerprint density at radius 2 is 1.97 bits per heavy atom. The molecule has 1 aliphatic carbocycles. The van der Waals surface area contributed by atoms with Crippen molar-refractivity contribution in [3.63, 3.8) is 0 Å². The second-order valence-corrected chi connectivity index (χ2v) is 9.94. The molecule has 32 heavy (non-hydrogen) atoms. The summed E-state index contributed by atoms with van der Waals surface area (Å²) in [5.41, 5.74) is 5.21. The van der Waals surface area contributed by atoms with Crippen molar-refractivity contribution in [2.75, 3.05) is 17.8 Å². The lowest BCUT2D eigenvalue weighted by atomic mass is 9.97. The quantitative estimate of drug-likeness (QED) is 0.491.